The molecule has 0 saturated carbocycles. The molecule has 0 aliphatic rings. The summed E-state index contributed by atoms with van der Waals surface area (Å²) in [4.78, 5) is 1.18. The van der Waals surface area contributed by atoms with Crippen molar-refractivity contribution < 1.29 is 8.42 Å². The van der Waals surface area contributed by atoms with Crippen LogP contribution < -0.4 is 0 Å². The van der Waals surface area contributed by atoms with Gasteiger partial charge in [-0.25, -0.2) is 8.42 Å². The first-order valence-corrected chi connectivity index (χ1v) is 9.11. The maximum atomic E-state index is 12.5. The molecule has 0 unspecified atom stereocenters. The Balaban J connectivity index is 3.25. The van der Waals surface area contributed by atoms with E-state index >= 15 is 0 Å². The second-order valence-electron chi connectivity index (χ2n) is 4.39. The molecule has 0 aliphatic heterocycles. The van der Waals surface area contributed by atoms with E-state index in [9.17, 15) is 8.42 Å². The molecule has 1 aromatic heterocycles. The first-order chi connectivity index (χ1) is 7.63. The number of alkyl halides is 1. The lowest BCUT2D eigenvalue weighted by Crippen LogP contribution is -2.46. The molecule has 1 aromatic rings. The maximum Gasteiger partial charge on any atom is 0.244 e. The summed E-state index contributed by atoms with van der Waals surface area (Å²) in [6, 6.07) is 1.66. The van der Waals surface area contributed by atoms with Crippen molar-refractivity contribution in [1.29, 1.82) is 0 Å². The van der Waals surface area contributed by atoms with Gasteiger partial charge in [0.1, 0.15) is 0 Å². The van der Waals surface area contributed by atoms with Crippen molar-refractivity contribution in [2.75, 3.05) is 12.4 Å². The van der Waals surface area contributed by atoms with Crippen LogP contribution in [0.25, 0.3) is 0 Å². The van der Waals surface area contributed by atoms with Gasteiger partial charge < -0.3 is 0 Å². The minimum atomic E-state index is -3.43. The fourth-order valence-corrected chi connectivity index (χ4v) is 5.68. The summed E-state index contributed by atoms with van der Waals surface area (Å²) in [7, 11) is -1.82. The Morgan fingerprint density at radius 3 is 2.35 bits per heavy atom. The molecule has 17 heavy (non-hydrogen) atoms. The molecule has 0 spiro atoms. The third-order valence-corrected chi connectivity index (χ3v) is 7.91. The lowest BCUT2D eigenvalue weighted by molar-refractivity contribution is 0.299. The zero-order valence-electron chi connectivity index (χ0n) is 10.1. The van der Waals surface area contributed by atoms with Crippen LogP contribution in [0.1, 0.15) is 18.7 Å². The minimum Gasteiger partial charge on any atom is -0.207 e. The quantitative estimate of drug-likeness (QED) is 0.718. The molecule has 98 valence electrons. The van der Waals surface area contributed by atoms with Gasteiger partial charge in [-0.2, -0.15) is 4.31 Å². The van der Waals surface area contributed by atoms with Gasteiger partial charge in [0.05, 0.1) is 8.68 Å². The highest BCUT2D eigenvalue weighted by atomic mass is 79.9. The molecule has 0 radical (unpaired) electrons. The van der Waals surface area contributed by atoms with E-state index in [2.05, 4.69) is 31.9 Å². The molecule has 0 aliphatic carbocycles. The largest absolute Gasteiger partial charge is 0.244 e. The number of halogens is 2. The van der Waals surface area contributed by atoms with Gasteiger partial charge in [0, 0.05) is 22.8 Å². The Morgan fingerprint density at radius 2 is 2.00 bits per heavy atom. The number of hydrogen-bond donors (Lipinski definition) is 0. The zero-order valence-corrected chi connectivity index (χ0v) is 14.9. The highest BCUT2D eigenvalue weighted by molar-refractivity contribution is 9.11. The number of thiophene rings is 1. The predicted octanol–water partition coefficient (Wildman–Crippen LogP) is 3.61. The van der Waals surface area contributed by atoms with Crippen LogP contribution in [-0.2, 0) is 10.0 Å². The number of nitrogens with zero attached hydrogens (tertiary/aromatic N) is 1. The molecule has 1 heterocycles. The van der Waals surface area contributed by atoms with Crippen molar-refractivity contribution in [3.05, 3.63) is 14.7 Å². The summed E-state index contributed by atoms with van der Waals surface area (Å²) in [6.45, 7) is 5.59. The van der Waals surface area contributed by atoms with Crippen LogP contribution in [0.5, 0.6) is 0 Å². The van der Waals surface area contributed by atoms with Crippen molar-refractivity contribution in [3.63, 3.8) is 0 Å². The van der Waals surface area contributed by atoms with E-state index in [0.717, 1.165) is 8.66 Å². The molecule has 1 rings (SSSR count). The maximum absolute atomic E-state index is 12.5. The van der Waals surface area contributed by atoms with Crippen LogP contribution in [0.15, 0.2) is 14.7 Å². The summed E-state index contributed by atoms with van der Waals surface area (Å²) in [6.07, 6.45) is 0. The van der Waals surface area contributed by atoms with Crippen molar-refractivity contribution >= 4 is 53.2 Å². The summed E-state index contributed by atoms with van der Waals surface area (Å²) in [5.74, 6) is 0. The van der Waals surface area contributed by atoms with Crippen LogP contribution in [-0.4, -0.2) is 30.6 Å². The van der Waals surface area contributed by atoms with Gasteiger partial charge in [-0.3, -0.25) is 0 Å². The van der Waals surface area contributed by atoms with E-state index < -0.39 is 15.6 Å². The van der Waals surface area contributed by atoms with E-state index in [1.54, 1.807) is 13.1 Å². The molecular formula is C10H15Br2NO2S2. The summed E-state index contributed by atoms with van der Waals surface area (Å²) in [5, 5.41) is 0.583. The summed E-state index contributed by atoms with van der Waals surface area (Å²) in [5.41, 5.74) is -0.459. The van der Waals surface area contributed by atoms with E-state index in [-0.39, 0.29) is 0 Å². The van der Waals surface area contributed by atoms with Gasteiger partial charge in [0.15, 0.2) is 0 Å². The molecule has 0 amide bonds. The average Bonchev–Trinajstić information content (AvgIpc) is 2.57. The highest BCUT2D eigenvalue weighted by Gasteiger charge is 2.34. The van der Waals surface area contributed by atoms with Gasteiger partial charge in [-0.05, 0) is 42.8 Å². The molecule has 0 fully saturated rings. The molecule has 7 heteroatoms. The first-order valence-electron chi connectivity index (χ1n) is 4.94. The molecular weight excluding hydrogens is 390 g/mol. The second-order valence-corrected chi connectivity index (χ2v) is 9.52. The Hall–Kier alpha value is 0.570. The van der Waals surface area contributed by atoms with Crippen LogP contribution >= 0.6 is 43.2 Å². The summed E-state index contributed by atoms with van der Waals surface area (Å²) < 4.78 is 27.2. The van der Waals surface area contributed by atoms with Gasteiger partial charge in [0.2, 0.25) is 10.0 Å². The topological polar surface area (TPSA) is 37.4 Å². The number of sulfonamides is 1. The van der Waals surface area contributed by atoms with E-state index in [4.69, 9.17) is 0 Å². The van der Waals surface area contributed by atoms with Gasteiger partial charge in [-0.1, -0.05) is 15.9 Å². The van der Waals surface area contributed by atoms with Crippen molar-refractivity contribution in [2.24, 2.45) is 0 Å². The van der Waals surface area contributed by atoms with E-state index in [1.165, 1.54) is 15.6 Å². The fraction of sp³-hybridized carbons (Fsp3) is 0.600. The Bertz CT molecular complexity index is 508. The van der Waals surface area contributed by atoms with Gasteiger partial charge >= 0.3 is 0 Å². The van der Waals surface area contributed by atoms with Crippen LogP contribution in [0, 0.1) is 6.92 Å². The molecule has 0 bridgehead atoms. The van der Waals surface area contributed by atoms with Crippen LogP contribution in [0.3, 0.4) is 0 Å². The molecule has 0 saturated heterocycles. The van der Waals surface area contributed by atoms with Gasteiger partial charge in [0.25, 0.3) is 0 Å². The molecule has 3 nitrogen and oxygen atoms in total. The standard InChI is InChI=1S/C10H15Br2NO2S2/c1-7-8(5-9(12)16-7)17(14,15)13(4)10(2,3)6-11/h5H,6H2,1-4H3. The minimum absolute atomic E-state index is 0.380. The summed E-state index contributed by atoms with van der Waals surface area (Å²) >= 11 is 8.10. The van der Waals surface area contributed by atoms with Crippen molar-refractivity contribution in [2.45, 2.75) is 31.2 Å². The normalized spacial score (nSPS) is 13.4. The van der Waals surface area contributed by atoms with Crippen molar-refractivity contribution in [3.8, 4) is 0 Å². The SMILES string of the molecule is Cc1sc(Br)cc1S(=O)(=O)N(C)C(C)(C)CBr. The molecule has 0 N–H and O–H groups in total. The number of rotatable bonds is 4. The molecule has 0 aromatic carbocycles. The zero-order chi connectivity index (χ0) is 13.4. The lowest BCUT2D eigenvalue weighted by atomic mass is 10.1. The molecule has 0 atom stereocenters. The lowest BCUT2D eigenvalue weighted by Gasteiger charge is -2.32. The van der Waals surface area contributed by atoms with Gasteiger partial charge in [-0.15, -0.1) is 11.3 Å². The predicted molar refractivity (Wildman–Crippen MR) is 79.6 cm³/mol. The first kappa shape index (κ1) is 15.6. The Morgan fingerprint density at radius 1 is 1.47 bits per heavy atom. The number of aryl methyl sites for hydroxylation is 1. The smallest absolute Gasteiger partial charge is 0.207 e. The average molecular weight is 405 g/mol. The monoisotopic (exact) mass is 403 g/mol. The number of hydrogen-bond acceptors (Lipinski definition) is 3. The van der Waals surface area contributed by atoms with E-state index in [0.29, 0.717) is 10.2 Å². The Kier molecular flexibility index (Phi) is 4.86. The highest BCUT2D eigenvalue weighted by Crippen LogP contribution is 2.33. The van der Waals surface area contributed by atoms with Crippen molar-refractivity contribution in [1.82, 2.24) is 4.31 Å². The van der Waals surface area contributed by atoms with E-state index in [1.807, 2.05) is 20.8 Å². The fourth-order valence-electron chi connectivity index (χ4n) is 1.24. The third-order valence-electron chi connectivity index (χ3n) is 2.66. The van der Waals surface area contributed by atoms with Crippen LogP contribution in [0.4, 0.5) is 0 Å². The third kappa shape index (κ3) is 3.12. The Labute approximate surface area is 124 Å². The second kappa shape index (κ2) is 5.28. The van der Waals surface area contributed by atoms with Crippen LogP contribution in [0.2, 0.25) is 0 Å².